The molecule has 0 aliphatic rings. The molecule has 19 heavy (non-hydrogen) atoms. The van der Waals surface area contributed by atoms with E-state index in [-0.39, 0.29) is 11.3 Å². The third-order valence-electron chi connectivity index (χ3n) is 2.54. The van der Waals surface area contributed by atoms with E-state index in [0.29, 0.717) is 5.82 Å². The van der Waals surface area contributed by atoms with Gasteiger partial charge in [0.05, 0.1) is 5.69 Å². The number of nitrogens with two attached hydrogens (primary N) is 1. The minimum Gasteiger partial charge on any atom is -0.396 e. The monoisotopic (exact) mass is 323 g/mol. The first-order valence-electron chi connectivity index (χ1n) is 5.46. The lowest BCUT2D eigenvalue weighted by atomic mass is 10.2. The number of carbonyl (C=O) groups is 1. The van der Waals surface area contributed by atoms with E-state index in [1.165, 1.54) is 12.1 Å². The summed E-state index contributed by atoms with van der Waals surface area (Å²) in [4.78, 5) is 16.0. The molecule has 0 fully saturated rings. The van der Waals surface area contributed by atoms with Crippen LogP contribution in [0, 0.1) is 12.7 Å². The second-order valence-electron chi connectivity index (χ2n) is 4.01. The number of hydrogen-bond donors (Lipinski definition) is 2. The van der Waals surface area contributed by atoms with Gasteiger partial charge in [0, 0.05) is 16.2 Å². The van der Waals surface area contributed by atoms with Crippen LogP contribution in [0.4, 0.5) is 15.9 Å². The van der Waals surface area contributed by atoms with Crippen LogP contribution in [0.5, 0.6) is 0 Å². The summed E-state index contributed by atoms with van der Waals surface area (Å²) in [5, 5.41) is 2.62. The summed E-state index contributed by atoms with van der Waals surface area (Å²) in [7, 11) is 0. The Kier molecular flexibility index (Phi) is 3.80. The fourth-order valence-corrected chi connectivity index (χ4v) is 1.97. The van der Waals surface area contributed by atoms with Crippen LogP contribution in [-0.4, -0.2) is 10.9 Å². The van der Waals surface area contributed by atoms with E-state index in [1.54, 1.807) is 6.20 Å². The molecule has 3 N–H and O–H groups in total. The van der Waals surface area contributed by atoms with Crippen LogP contribution >= 0.6 is 15.9 Å². The van der Waals surface area contributed by atoms with Crippen molar-refractivity contribution >= 4 is 33.3 Å². The first-order chi connectivity index (χ1) is 8.97. The average molecular weight is 324 g/mol. The van der Waals surface area contributed by atoms with E-state index >= 15 is 0 Å². The molecule has 98 valence electrons. The summed E-state index contributed by atoms with van der Waals surface area (Å²) in [6.45, 7) is 1.82. The Bertz CT molecular complexity index is 646. The van der Waals surface area contributed by atoms with Gasteiger partial charge in [-0.1, -0.05) is 0 Å². The zero-order valence-electron chi connectivity index (χ0n) is 10.1. The maximum absolute atomic E-state index is 13.3. The van der Waals surface area contributed by atoms with Gasteiger partial charge in [-0.3, -0.25) is 4.79 Å². The van der Waals surface area contributed by atoms with Crippen molar-refractivity contribution in [2.24, 2.45) is 0 Å². The number of aromatic nitrogens is 1. The SMILES string of the molecule is Cc1cc(Br)cnc1NC(=O)c1ccc(N)c(F)c1. The molecule has 1 heterocycles. The number of nitrogen functional groups attached to an aromatic ring is 1. The molecule has 1 amide bonds. The Morgan fingerprint density at radius 1 is 1.42 bits per heavy atom. The standard InChI is InChI=1S/C13H11BrFN3O/c1-7-4-9(14)6-17-12(7)18-13(19)8-2-3-11(16)10(15)5-8/h2-6H,16H2,1H3,(H,17,18,19). The smallest absolute Gasteiger partial charge is 0.256 e. The number of aryl methyl sites for hydroxylation is 1. The van der Waals surface area contributed by atoms with Gasteiger partial charge in [0.15, 0.2) is 0 Å². The second kappa shape index (κ2) is 5.36. The summed E-state index contributed by atoms with van der Waals surface area (Å²) in [6.07, 6.45) is 1.58. The van der Waals surface area contributed by atoms with Crippen LogP contribution in [0.2, 0.25) is 0 Å². The van der Waals surface area contributed by atoms with Gasteiger partial charge in [0.25, 0.3) is 5.91 Å². The number of anilines is 2. The van der Waals surface area contributed by atoms with Crippen molar-refractivity contribution in [2.75, 3.05) is 11.1 Å². The molecule has 1 aromatic carbocycles. The number of halogens is 2. The number of hydrogen-bond acceptors (Lipinski definition) is 3. The minimum absolute atomic E-state index is 0.00879. The number of benzene rings is 1. The molecule has 0 saturated carbocycles. The Morgan fingerprint density at radius 3 is 2.79 bits per heavy atom. The van der Waals surface area contributed by atoms with Gasteiger partial charge in [-0.25, -0.2) is 9.37 Å². The van der Waals surface area contributed by atoms with Crippen molar-refractivity contribution in [3.8, 4) is 0 Å². The van der Waals surface area contributed by atoms with Crippen LogP contribution in [0.25, 0.3) is 0 Å². The van der Waals surface area contributed by atoms with Gasteiger partial charge in [0.2, 0.25) is 0 Å². The van der Waals surface area contributed by atoms with Crippen molar-refractivity contribution in [2.45, 2.75) is 6.92 Å². The van der Waals surface area contributed by atoms with Crippen LogP contribution in [-0.2, 0) is 0 Å². The van der Waals surface area contributed by atoms with E-state index in [0.717, 1.165) is 16.1 Å². The molecule has 0 saturated heterocycles. The van der Waals surface area contributed by atoms with E-state index in [4.69, 9.17) is 5.73 Å². The quantitative estimate of drug-likeness (QED) is 0.834. The number of nitrogens with zero attached hydrogens (tertiary/aromatic N) is 1. The molecule has 4 nitrogen and oxygen atoms in total. The Balaban J connectivity index is 2.23. The molecule has 0 atom stereocenters. The number of amides is 1. The molecule has 2 rings (SSSR count). The Hall–Kier alpha value is -1.95. The van der Waals surface area contributed by atoms with E-state index in [2.05, 4.69) is 26.2 Å². The van der Waals surface area contributed by atoms with E-state index in [9.17, 15) is 9.18 Å². The van der Waals surface area contributed by atoms with Crippen molar-refractivity contribution < 1.29 is 9.18 Å². The topological polar surface area (TPSA) is 68.0 Å². The molecule has 0 bridgehead atoms. The normalized spacial score (nSPS) is 10.3. The van der Waals surface area contributed by atoms with Crippen molar-refractivity contribution in [1.29, 1.82) is 0 Å². The van der Waals surface area contributed by atoms with Crippen molar-refractivity contribution in [1.82, 2.24) is 4.98 Å². The average Bonchev–Trinajstić information content (AvgIpc) is 2.36. The third-order valence-corrected chi connectivity index (χ3v) is 2.97. The van der Waals surface area contributed by atoms with Crippen LogP contribution in [0.3, 0.4) is 0 Å². The minimum atomic E-state index is -0.617. The first kappa shape index (κ1) is 13.5. The largest absolute Gasteiger partial charge is 0.396 e. The molecule has 0 radical (unpaired) electrons. The fourth-order valence-electron chi connectivity index (χ4n) is 1.52. The highest BCUT2D eigenvalue weighted by Gasteiger charge is 2.10. The van der Waals surface area contributed by atoms with Gasteiger partial charge in [-0.05, 0) is 52.7 Å². The lowest BCUT2D eigenvalue weighted by molar-refractivity contribution is 0.102. The molecule has 1 aromatic heterocycles. The maximum Gasteiger partial charge on any atom is 0.256 e. The zero-order chi connectivity index (χ0) is 14.0. The fraction of sp³-hybridized carbons (Fsp3) is 0.0769. The van der Waals surface area contributed by atoms with Gasteiger partial charge in [-0.15, -0.1) is 0 Å². The molecule has 6 heteroatoms. The molecular formula is C13H11BrFN3O. The summed E-state index contributed by atoms with van der Waals surface area (Å²) in [5.41, 5.74) is 6.36. The molecule has 0 aliphatic carbocycles. The Labute approximate surface area is 118 Å². The lowest BCUT2D eigenvalue weighted by Gasteiger charge is -2.08. The number of nitrogens with one attached hydrogen (secondary N) is 1. The second-order valence-corrected chi connectivity index (χ2v) is 4.93. The number of carbonyl (C=O) groups excluding carboxylic acids is 1. The van der Waals surface area contributed by atoms with Gasteiger partial charge >= 0.3 is 0 Å². The molecular weight excluding hydrogens is 313 g/mol. The van der Waals surface area contributed by atoms with Crippen LogP contribution < -0.4 is 11.1 Å². The molecule has 0 unspecified atom stereocenters. The van der Waals surface area contributed by atoms with E-state index in [1.807, 2.05) is 13.0 Å². The number of rotatable bonds is 2. The maximum atomic E-state index is 13.3. The van der Waals surface area contributed by atoms with Crippen molar-refractivity contribution in [3.63, 3.8) is 0 Å². The summed E-state index contributed by atoms with van der Waals surface area (Å²) < 4.78 is 14.1. The van der Waals surface area contributed by atoms with Crippen molar-refractivity contribution in [3.05, 3.63) is 51.9 Å². The predicted octanol–water partition coefficient (Wildman–Crippen LogP) is 3.13. The van der Waals surface area contributed by atoms with Gasteiger partial charge in [-0.2, -0.15) is 0 Å². The van der Waals surface area contributed by atoms with Gasteiger partial charge < -0.3 is 11.1 Å². The van der Waals surface area contributed by atoms with Gasteiger partial charge in [0.1, 0.15) is 11.6 Å². The third kappa shape index (κ3) is 3.08. The van der Waals surface area contributed by atoms with Crippen LogP contribution in [0.1, 0.15) is 15.9 Å². The lowest BCUT2D eigenvalue weighted by Crippen LogP contribution is -2.14. The van der Waals surface area contributed by atoms with E-state index < -0.39 is 11.7 Å². The highest BCUT2D eigenvalue weighted by Crippen LogP contribution is 2.18. The summed E-state index contributed by atoms with van der Waals surface area (Å²) in [6, 6.07) is 5.74. The zero-order valence-corrected chi connectivity index (χ0v) is 11.7. The Morgan fingerprint density at radius 2 is 2.16 bits per heavy atom. The summed E-state index contributed by atoms with van der Waals surface area (Å²) in [5.74, 6) is -0.615. The highest BCUT2D eigenvalue weighted by atomic mass is 79.9. The highest BCUT2D eigenvalue weighted by molar-refractivity contribution is 9.10. The van der Waals surface area contributed by atoms with Crippen LogP contribution in [0.15, 0.2) is 34.9 Å². The molecule has 0 spiro atoms. The molecule has 2 aromatic rings. The molecule has 0 aliphatic heterocycles. The first-order valence-corrected chi connectivity index (χ1v) is 6.25. The summed E-state index contributed by atoms with van der Waals surface area (Å²) >= 11 is 3.29. The predicted molar refractivity (Wildman–Crippen MR) is 75.4 cm³/mol. The number of pyridine rings is 1.